The molecule has 0 amide bonds. The molecular weight excluding hydrogens is 314 g/mol. The highest BCUT2D eigenvalue weighted by Crippen LogP contribution is 2.41. The molecule has 3 heterocycles. The first-order valence-corrected chi connectivity index (χ1v) is 9.07. The third kappa shape index (κ3) is 4.27. The standard InChI is InChI=1S/C19H25N5O/c20-19-11-15(14-1-2-14)10-18(23-19)16-9-17(13-22-12-16)25-8-7-24-5-3-21-4-6-24/h9-14,21H,1-8H2,(H2,20,23). The van der Waals surface area contributed by atoms with E-state index >= 15 is 0 Å². The smallest absolute Gasteiger partial charge is 0.138 e. The van der Waals surface area contributed by atoms with Crippen LogP contribution in [0, 0.1) is 0 Å². The first-order chi connectivity index (χ1) is 12.3. The van der Waals surface area contributed by atoms with Gasteiger partial charge in [-0.1, -0.05) is 0 Å². The van der Waals surface area contributed by atoms with E-state index in [4.69, 9.17) is 10.5 Å². The van der Waals surface area contributed by atoms with Crippen LogP contribution in [0.2, 0.25) is 0 Å². The maximum atomic E-state index is 5.99. The predicted octanol–water partition coefficient (Wildman–Crippen LogP) is 1.89. The number of hydrogen-bond acceptors (Lipinski definition) is 6. The van der Waals surface area contributed by atoms with Gasteiger partial charge in [0.05, 0.1) is 11.9 Å². The zero-order valence-corrected chi connectivity index (χ0v) is 14.4. The van der Waals surface area contributed by atoms with Crippen molar-refractivity contribution in [3.8, 4) is 17.0 Å². The lowest BCUT2D eigenvalue weighted by Gasteiger charge is -2.26. The highest BCUT2D eigenvalue weighted by Gasteiger charge is 2.24. The van der Waals surface area contributed by atoms with Crippen LogP contribution in [-0.2, 0) is 0 Å². The predicted molar refractivity (Wildman–Crippen MR) is 98.7 cm³/mol. The van der Waals surface area contributed by atoms with Crippen molar-refractivity contribution >= 4 is 5.82 Å². The molecule has 1 aliphatic carbocycles. The number of pyridine rings is 2. The molecule has 6 heteroatoms. The maximum absolute atomic E-state index is 5.99. The maximum Gasteiger partial charge on any atom is 0.138 e. The molecule has 3 N–H and O–H groups in total. The first kappa shape index (κ1) is 16.3. The lowest BCUT2D eigenvalue weighted by atomic mass is 10.1. The summed E-state index contributed by atoms with van der Waals surface area (Å²) in [5.41, 5.74) is 9.10. The Morgan fingerprint density at radius 2 is 2.00 bits per heavy atom. The number of ether oxygens (including phenoxy) is 1. The first-order valence-electron chi connectivity index (χ1n) is 9.07. The van der Waals surface area contributed by atoms with Crippen LogP contribution in [0.15, 0.2) is 30.6 Å². The van der Waals surface area contributed by atoms with Crippen molar-refractivity contribution in [3.63, 3.8) is 0 Å². The molecule has 25 heavy (non-hydrogen) atoms. The molecule has 2 aromatic heterocycles. The van der Waals surface area contributed by atoms with Crippen molar-refractivity contribution in [1.82, 2.24) is 20.2 Å². The zero-order valence-electron chi connectivity index (χ0n) is 14.4. The lowest BCUT2D eigenvalue weighted by Crippen LogP contribution is -2.44. The highest BCUT2D eigenvalue weighted by atomic mass is 16.5. The van der Waals surface area contributed by atoms with E-state index in [1.54, 1.807) is 6.20 Å². The minimum absolute atomic E-state index is 0.574. The van der Waals surface area contributed by atoms with Crippen LogP contribution in [0.25, 0.3) is 11.3 Å². The number of nitrogens with two attached hydrogens (primary N) is 1. The molecular formula is C19H25N5O. The van der Waals surface area contributed by atoms with Crippen LogP contribution in [0.1, 0.15) is 24.3 Å². The average Bonchev–Trinajstić information content (AvgIpc) is 3.48. The van der Waals surface area contributed by atoms with Crippen LogP contribution >= 0.6 is 0 Å². The fourth-order valence-corrected chi connectivity index (χ4v) is 3.24. The number of piperazine rings is 1. The Labute approximate surface area is 148 Å². The van der Waals surface area contributed by atoms with E-state index in [1.807, 2.05) is 18.3 Å². The monoisotopic (exact) mass is 339 g/mol. The molecule has 1 aliphatic heterocycles. The van der Waals surface area contributed by atoms with Gasteiger partial charge in [0, 0.05) is 44.5 Å². The fourth-order valence-electron chi connectivity index (χ4n) is 3.24. The van der Waals surface area contributed by atoms with Crippen molar-refractivity contribution in [2.45, 2.75) is 18.8 Å². The number of rotatable bonds is 6. The van der Waals surface area contributed by atoms with E-state index in [2.05, 4.69) is 26.3 Å². The minimum atomic E-state index is 0.574. The minimum Gasteiger partial charge on any atom is -0.491 e. The van der Waals surface area contributed by atoms with E-state index < -0.39 is 0 Å². The summed E-state index contributed by atoms with van der Waals surface area (Å²) >= 11 is 0. The normalized spacial score (nSPS) is 18.2. The Morgan fingerprint density at radius 1 is 1.16 bits per heavy atom. The van der Waals surface area contributed by atoms with Crippen LogP contribution in [-0.4, -0.2) is 54.2 Å². The second kappa shape index (κ2) is 7.37. The number of hydrogen-bond donors (Lipinski definition) is 2. The van der Waals surface area contributed by atoms with E-state index in [1.165, 1.54) is 18.4 Å². The fraction of sp³-hybridized carbons (Fsp3) is 0.474. The van der Waals surface area contributed by atoms with Crippen LogP contribution < -0.4 is 15.8 Å². The van der Waals surface area contributed by atoms with Gasteiger partial charge in [-0.15, -0.1) is 0 Å². The van der Waals surface area contributed by atoms with E-state index in [0.29, 0.717) is 18.3 Å². The molecule has 2 aromatic rings. The molecule has 2 aliphatic rings. The van der Waals surface area contributed by atoms with Crippen LogP contribution in [0.4, 0.5) is 5.82 Å². The highest BCUT2D eigenvalue weighted by molar-refractivity contribution is 5.63. The summed E-state index contributed by atoms with van der Waals surface area (Å²) in [5.74, 6) is 2.00. The number of nitrogens with zero attached hydrogens (tertiary/aromatic N) is 3. The second-order valence-corrected chi connectivity index (χ2v) is 6.83. The number of aromatic nitrogens is 2. The average molecular weight is 339 g/mol. The van der Waals surface area contributed by atoms with Gasteiger partial charge in [-0.25, -0.2) is 4.98 Å². The lowest BCUT2D eigenvalue weighted by molar-refractivity contribution is 0.191. The summed E-state index contributed by atoms with van der Waals surface area (Å²) < 4.78 is 5.91. The molecule has 132 valence electrons. The second-order valence-electron chi connectivity index (χ2n) is 6.83. The molecule has 0 bridgehead atoms. The summed E-state index contributed by atoms with van der Waals surface area (Å²) in [5, 5.41) is 3.36. The van der Waals surface area contributed by atoms with Gasteiger partial charge in [0.1, 0.15) is 18.2 Å². The molecule has 0 unspecified atom stereocenters. The molecule has 6 nitrogen and oxygen atoms in total. The van der Waals surface area contributed by atoms with E-state index in [-0.39, 0.29) is 0 Å². The third-order valence-corrected chi connectivity index (χ3v) is 4.81. The quantitative estimate of drug-likeness (QED) is 0.837. The molecule has 1 saturated heterocycles. The Hall–Kier alpha value is -2.18. The van der Waals surface area contributed by atoms with Crippen LogP contribution in [0.3, 0.4) is 0 Å². The Bertz CT molecular complexity index is 726. The molecule has 0 atom stereocenters. The van der Waals surface area contributed by atoms with Gasteiger partial charge >= 0.3 is 0 Å². The van der Waals surface area contributed by atoms with Crippen molar-refractivity contribution in [1.29, 1.82) is 0 Å². The topological polar surface area (TPSA) is 76.3 Å². The van der Waals surface area contributed by atoms with Gasteiger partial charge in [-0.3, -0.25) is 9.88 Å². The van der Waals surface area contributed by atoms with Crippen molar-refractivity contribution in [2.24, 2.45) is 0 Å². The Kier molecular flexibility index (Phi) is 4.81. The third-order valence-electron chi connectivity index (χ3n) is 4.81. The summed E-state index contributed by atoms with van der Waals surface area (Å²) in [7, 11) is 0. The van der Waals surface area contributed by atoms with E-state index in [0.717, 1.165) is 49.7 Å². The van der Waals surface area contributed by atoms with Gasteiger partial charge in [0.15, 0.2) is 0 Å². The molecule has 0 radical (unpaired) electrons. The van der Waals surface area contributed by atoms with Gasteiger partial charge < -0.3 is 15.8 Å². The molecule has 0 aromatic carbocycles. The van der Waals surface area contributed by atoms with Gasteiger partial charge in [-0.05, 0) is 42.5 Å². The summed E-state index contributed by atoms with van der Waals surface area (Å²) in [6.07, 6.45) is 6.07. The SMILES string of the molecule is Nc1cc(C2CC2)cc(-c2cncc(OCCN3CCNCC3)c2)n1. The molecule has 4 rings (SSSR count). The summed E-state index contributed by atoms with van der Waals surface area (Å²) in [6, 6.07) is 6.13. The molecule has 1 saturated carbocycles. The molecule has 0 spiro atoms. The van der Waals surface area contributed by atoms with Gasteiger partial charge in [-0.2, -0.15) is 0 Å². The van der Waals surface area contributed by atoms with Crippen molar-refractivity contribution in [3.05, 3.63) is 36.2 Å². The van der Waals surface area contributed by atoms with Crippen molar-refractivity contribution < 1.29 is 4.74 Å². The van der Waals surface area contributed by atoms with E-state index in [9.17, 15) is 0 Å². The molecule has 2 fully saturated rings. The number of nitrogen functional groups attached to an aromatic ring is 1. The van der Waals surface area contributed by atoms with Gasteiger partial charge in [0.25, 0.3) is 0 Å². The van der Waals surface area contributed by atoms with Crippen molar-refractivity contribution in [2.75, 3.05) is 45.1 Å². The summed E-state index contributed by atoms with van der Waals surface area (Å²) in [4.78, 5) is 11.2. The zero-order chi connectivity index (χ0) is 17.1. The Balaban J connectivity index is 1.42. The van der Waals surface area contributed by atoms with Crippen LogP contribution in [0.5, 0.6) is 5.75 Å². The summed E-state index contributed by atoms with van der Waals surface area (Å²) in [6.45, 7) is 5.89. The number of anilines is 1. The number of nitrogens with one attached hydrogen (secondary N) is 1. The van der Waals surface area contributed by atoms with Gasteiger partial charge in [0.2, 0.25) is 0 Å². The largest absolute Gasteiger partial charge is 0.491 e. The Morgan fingerprint density at radius 3 is 2.80 bits per heavy atom.